The topological polar surface area (TPSA) is 72.2 Å². The summed E-state index contributed by atoms with van der Waals surface area (Å²) < 4.78 is 0. The fourth-order valence-corrected chi connectivity index (χ4v) is 2.20. The number of primary amides is 1. The Morgan fingerprint density at radius 3 is 2.17 bits per heavy atom. The largest absolute Gasteiger partial charge is 0.366 e. The zero-order valence-electron chi connectivity index (χ0n) is 13.1. The number of amides is 2. The first-order valence-electron chi connectivity index (χ1n) is 7.21. The van der Waals surface area contributed by atoms with Gasteiger partial charge in [-0.05, 0) is 50.2 Å². The third-order valence-corrected chi connectivity index (χ3v) is 3.22. The molecule has 0 heterocycles. The normalized spacial score (nSPS) is 9.65. The lowest BCUT2D eigenvalue weighted by Gasteiger charge is -2.04. The van der Waals surface area contributed by atoms with Crippen molar-refractivity contribution < 1.29 is 9.59 Å². The summed E-state index contributed by atoms with van der Waals surface area (Å²) >= 11 is 0. The first-order chi connectivity index (χ1) is 11.0. The summed E-state index contributed by atoms with van der Waals surface area (Å²) in [6, 6.07) is 12.4. The molecule has 116 valence electrons. The van der Waals surface area contributed by atoms with E-state index in [2.05, 4.69) is 17.2 Å². The van der Waals surface area contributed by atoms with E-state index >= 15 is 0 Å². The van der Waals surface area contributed by atoms with E-state index in [1.165, 1.54) is 0 Å². The van der Waals surface area contributed by atoms with E-state index in [4.69, 9.17) is 5.73 Å². The van der Waals surface area contributed by atoms with Crippen molar-refractivity contribution in [3.8, 4) is 11.8 Å². The molecule has 0 aromatic heterocycles. The Hall–Kier alpha value is -3.06. The molecule has 2 rings (SSSR count). The number of carbonyl (C=O) groups excluding carboxylic acids is 2. The Bertz CT molecular complexity index is 776. The monoisotopic (exact) mass is 306 g/mol. The molecule has 4 heteroatoms. The molecule has 0 radical (unpaired) electrons. The van der Waals surface area contributed by atoms with Crippen molar-refractivity contribution in [2.75, 3.05) is 6.54 Å². The molecule has 0 saturated carbocycles. The molecule has 0 aliphatic heterocycles. The number of benzene rings is 2. The zero-order chi connectivity index (χ0) is 16.8. The van der Waals surface area contributed by atoms with Gasteiger partial charge in [-0.1, -0.05) is 29.0 Å². The second kappa shape index (κ2) is 7.28. The number of nitrogens with two attached hydrogens (primary N) is 1. The number of hydrogen-bond acceptors (Lipinski definition) is 2. The molecular weight excluding hydrogens is 288 g/mol. The van der Waals surface area contributed by atoms with E-state index in [9.17, 15) is 9.59 Å². The second-order valence-corrected chi connectivity index (χ2v) is 5.30. The summed E-state index contributed by atoms with van der Waals surface area (Å²) in [6.07, 6.45) is 0. The van der Waals surface area contributed by atoms with Crippen LogP contribution in [-0.4, -0.2) is 18.4 Å². The van der Waals surface area contributed by atoms with E-state index < -0.39 is 5.91 Å². The van der Waals surface area contributed by atoms with Gasteiger partial charge in [-0.15, -0.1) is 0 Å². The Morgan fingerprint density at radius 2 is 1.61 bits per heavy atom. The molecule has 4 nitrogen and oxygen atoms in total. The third-order valence-electron chi connectivity index (χ3n) is 3.22. The van der Waals surface area contributed by atoms with E-state index in [0.29, 0.717) is 11.1 Å². The second-order valence-electron chi connectivity index (χ2n) is 5.30. The van der Waals surface area contributed by atoms with Crippen molar-refractivity contribution in [3.05, 3.63) is 70.3 Å². The molecule has 0 fully saturated rings. The molecular formula is C19H18N2O2. The lowest BCUT2D eigenvalue weighted by atomic mass is 10.1. The molecule has 0 atom stereocenters. The van der Waals surface area contributed by atoms with Crippen LogP contribution in [0.3, 0.4) is 0 Å². The lowest BCUT2D eigenvalue weighted by Crippen LogP contribution is -2.23. The Labute approximate surface area is 135 Å². The van der Waals surface area contributed by atoms with Crippen LogP contribution in [0.2, 0.25) is 0 Å². The first kappa shape index (κ1) is 16.3. The average Bonchev–Trinajstić information content (AvgIpc) is 2.50. The summed E-state index contributed by atoms with van der Waals surface area (Å²) in [5, 5.41) is 2.77. The van der Waals surface area contributed by atoms with Gasteiger partial charge < -0.3 is 11.1 Å². The van der Waals surface area contributed by atoms with Gasteiger partial charge in [0, 0.05) is 16.7 Å². The Kier molecular flexibility index (Phi) is 5.16. The number of aryl methyl sites for hydroxylation is 2. The van der Waals surface area contributed by atoms with Crippen LogP contribution in [0, 0.1) is 25.7 Å². The van der Waals surface area contributed by atoms with Crippen LogP contribution in [0.1, 0.15) is 37.4 Å². The molecule has 3 N–H and O–H groups in total. The molecule has 0 aliphatic rings. The number of nitrogens with one attached hydrogen (secondary N) is 1. The van der Waals surface area contributed by atoms with Crippen molar-refractivity contribution in [3.63, 3.8) is 0 Å². The summed E-state index contributed by atoms with van der Waals surface area (Å²) in [7, 11) is 0. The molecule has 0 spiro atoms. The molecule has 2 aromatic carbocycles. The van der Waals surface area contributed by atoms with Crippen LogP contribution in [0.25, 0.3) is 0 Å². The van der Waals surface area contributed by atoms with Crippen LogP contribution >= 0.6 is 0 Å². The predicted octanol–water partition coefficient (Wildman–Crippen LogP) is 2.18. The van der Waals surface area contributed by atoms with E-state index in [1.807, 2.05) is 32.0 Å². The average molecular weight is 306 g/mol. The summed E-state index contributed by atoms with van der Waals surface area (Å²) in [4.78, 5) is 23.0. The smallest absolute Gasteiger partial charge is 0.252 e. The van der Waals surface area contributed by atoms with Crippen LogP contribution in [0.5, 0.6) is 0 Å². The molecule has 2 aromatic rings. The van der Waals surface area contributed by atoms with Gasteiger partial charge in [0.25, 0.3) is 5.91 Å². The predicted molar refractivity (Wildman–Crippen MR) is 90.1 cm³/mol. The first-order valence-corrected chi connectivity index (χ1v) is 7.21. The third kappa shape index (κ3) is 4.72. The Balaban J connectivity index is 1.94. The number of carbonyl (C=O) groups is 2. The molecule has 0 bridgehead atoms. The van der Waals surface area contributed by atoms with Gasteiger partial charge in [-0.2, -0.15) is 0 Å². The van der Waals surface area contributed by atoms with E-state index in [-0.39, 0.29) is 12.5 Å². The van der Waals surface area contributed by atoms with Gasteiger partial charge in [0.15, 0.2) is 0 Å². The summed E-state index contributed by atoms with van der Waals surface area (Å²) in [5.41, 5.74) is 9.11. The van der Waals surface area contributed by atoms with Crippen molar-refractivity contribution in [1.29, 1.82) is 0 Å². The molecule has 23 heavy (non-hydrogen) atoms. The highest BCUT2D eigenvalue weighted by Crippen LogP contribution is 2.08. The number of hydrogen-bond donors (Lipinski definition) is 2. The van der Waals surface area contributed by atoms with Crippen molar-refractivity contribution in [1.82, 2.24) is 5.32 Å². The maximum absolute atomic E-state index is 12.0. The van der Waals surface area contributed by atoms with Gasteiger partial charge in [-0.3, -0.25) is 9.59 Å². The minimum atomic E-state index is -0.467. The fourth-order valence-electron chi connectivity index (χ4n) is 2.20. The maximum atomic E-state index is 12.0. The minimum Gasteiger partial charge on any atom is -0.366 e. The van der Waals surface area contributed by atoms with E-state index in [0.717, 1.165) is 16.7 Å². The van der Waals surface area contributed by atoms with Crippen LogP contribution in [0.4, 0.5) is 0 Å². The zero-order valence-corrected chi connectivity index (χ0v) is 13.1. The quantitative estimate of drug-likeness (QED) is 0.853. The van der Waals surface area contributed by atoms with Gasteiger partial charge in [0.2, 0.25) is 5.91 Å². The number of rotatable bonds is 3. The minimum absolute atomic E-state index is 0.143. The maximum Gasteiger partial charge on any atom is 0.252 e. The van der Waals surface area contributed by atoms with Crippen LogP contribution < -0.4 is 11.1 Å². The molecule has 2 amide bonds. The highest BCUT2D eigenvalue weighted by molar-refractivity contribution is 5.94. The van der Waals surface area contributed by atoms with Crippen molar-refractivity contribution in [2.45, 2.75) is 13.8 Å². The standard InChI is InChI=1S/C19H18N2O2/c1-13-10-14(2)12-17(11-13)19(23)21-9-3-4-15-5-7-16(8-6-15)18(20)22/h5-8,10-12H,9H2,1-2H3,(H2,20,22)(H,21,23). The van der Waals surface area contributed by atoms with Gasteiger partial charge in [-0.25, -0.2) is 0 Å². The van der Waals surface area contributed by atoms with Gasteiger partial charge >= 0.3 is 0 Å². The van der Waals surface area contributed by atoms with E-state index in [1.54, 1.807) is 24.3 Å². The highest BCUT2D eigenvalue weighted by atomic mass is 16.2. The summed E-state index contributed by atoms with van der Waals surface area (Å²) in [5.74, 6) is 5.19. The summed E-state index contributed by atoms with van der Waals surface area (Å²) in [6.45, 7) is 4.17. The van der Waals surface area contributed by atoms with Crippen molar-refractivity contribution >= 4 is 11.8 Å². The molecule has 0 saturated heterocycles. The van der Waals surface area contributed by atoms with Crippen LogP contribution in [0.15, 0.2) is 42.5 Å². The van der Waals surface area contributed by atoms with Crippen LogP contribution in [-0.2, 0) is 0 Å². The SMILES string of the molecule is Cc1cc(C)cc(C(=O)NCC#Cc2ccc(C(N)=O)cc2)c1. The van der Waals surface area contributed by atoms with Gasteiger partial charge in [0.1, 0.15) is 0 Å². The fraction of sp³-hybridized carbons (Fsp3) is 0.158. The molecule has 0 unspecified atom stereocenters. The molecule has 0 aliphatic carbocycles. The Morgan fingerprint density at radius 1 is 1.00 bits per heavy atom. The van der Waals surface area contributed by atoms with Crippen molar-refractivity contribution in [2.24, 2.45) is 5.73 Å². The van der Waals surface area contributed by atoms with Gasteiger partial charge in [0.05, 0.1) is 6.54 Å². The highest BCUT2D eigenvalue weighted by Gasteiger charge is 2.05. The lowest BCUT2D eigenvalue weighted by molar-refractivity contribution is 0.0957.